The number of benzene rings is 2. The third kappa shape index (κ3) is 3.93. The number of allylic oxidation sites excluding steroid dienone is 1. The first-order valence-corrected chi connectivity index (χ1v) is 10.5. The normalized spacial score (nSPS) is 18.7. The van der Waals surface area contributed by atoms with Crippen molar-refractivity contribution in [1.29, 1.82) is 0 Å². The molecule has 0 saturated heterocycles. The molecule has 0 aromatic heterocycles. The van der Waals surface area contributed by atoms with Crippen molar-refractivity contribution >= 4 is 28.4 Å². The Morgan fingerprint density at radius 2 is 1.55 bits per heavy atom. The van der Waals surface area contributed by atoms with Gasteiger partial charge >= 0.3 is 0 Å². The number of hydrogen-bond acceptors (Lipinski definition) is 6. The summed E-state index contributed by atoms with van der Waals surface area (Å²) in [6, 6.07) is 13.0. The maximum Gasteiger partial charge on any atom is 0.125 e. The van der Waals surface area contributed by atoms with Crippen LogP contribution in [0.1, 0.15) is 11.7 Å². The van der Waals surface area contributed by atoms with Crippen LogP contribution in [0.5, 0.6) is 0 Å². The Balaban J connectivity index is 1.48. The minimum Gasteiger partial charge on any atom is -0.378 e. The molecule has 2 aromatic rings. The van der Waals surface area contributed by atoms with Gasteiger partial charge in [-0.05, 0) is 41.5 Å². The Bertz CT molecular complexity index is 1030. The van der Waals surface area contributed by atoms with Crippen molar-refractivity contribution in [3.63, 3.8) is 0 Å². The molecule has 162 valence electrons. The van der Waals surface area contributed by atoms with Gasteiger partial charge in [-0.2, -0.15) is 0 Å². The van der Waals surface area contributed by atoms with Crippen LogP contribution in [-0.4, -0.2) is 46.3 Å². The Labute approximate surface area is 185 Å². The molecule has 0 amide bonds. The smallest absolute Gasteiger partial charge is 0.125 e. The maximum atomic E-state index is 4.27. The topological polar surface area (TPSA) is 45.8 Å². The van der Waals surface area contributed by atoms with E-state index in [9.17, 15) is 0 Å². The summed E-state index contributed by atoms with van der Waals surface area (Å²) in [6.45, 7) is 8.31. The van der Waals surface area contributed by atoms with Gasteiger partial charge in [-0.3, -0.25) is 0 Å². The predicted molar refractivity (Wildman–Crippen MR) is 134 cm³/mol. The standard InChI is InChI=1S/C25H32N6/c1-16(8-9-17(2)29(3)4)25-28-22-14-20-21(15-23(22)31(25)7)27-24(26-20)18-10-12-19(13-11-18)30(5)6/h8-15,24-28H,1-2H2,3-7H3/b9-8-. The highest BCUT2D eigenvalue weighted by Gasteiger charge is 2.31. The average Bonchev–Trinajstić information content (AvgIpc) is 3.30. The zero-order valence-electron chi connectivity index (χ0n) is 19.0. The van der Waals surface area contributed by atoms with E-state index in [1.807, 2.05) is 31.1 Å². The van der Waals surface area contributed by atoms with Crippen LogP contribution in [0, 0.1) is 0 Å². The third-order valence-electron chi connectivity index (χ3n) is 5.95. The molecule has 0 bridgehead atoms. The molecule has 0 spiro atoms. The second-order valence-corrected chi connectivity index (χ2v) is 8.57. The summed E-state index contributed by atoms with van der Waals surface area (Å²) in [5, 5.41) is 10.8. The molecule has 2 aliphatic rings. The van der Waals surface area contributed by atoms with Crippen molar-refractivity contribution in [3.8, 4) is 0 Å². The van der Waals surface area contributed by atoms with E-state index < -0.39 is 0 Å². The van der Waals surface area contributed by atoms with Crippen molar-refractivity contribution < 1.29 is 0 Å². The van der Waals surface area contributed by atoms with Crippen LogP contribution >= 0.6 is 0 Å². The second kappa shape index (κ2) is 7.95. The van der Waals surface area contributed by atoms with Gasteiger partial charge in [0.25, 0.3) is 0 Å². The number of nitrogens with zero attached hydrogens (tertiary/aromatic N) is 3. The van der Waals surface area contributed by atoms with Gasteiger partial charge in [-0.1, -0.05) is 31.4 Å². The van der Waals surface area contributed by atoms with Crippen LogP contribution in [0.25, 0.3) is 0 Å². The van der Waals surface area contributed by atoms with Gasteiger partial charge in [0, 0.05) is 46.6 Å². The maximum absolute atomic E-state index is 4.27. The van der Waals surface area contributed by atoms with Gasteiger partial charge in [-0.15, -0.1) is 0 Å². The Kier molecular flexibility index (Phi) is 5.31. The van der Waals surface area contributed by atoms with Crippen LogP contribution in [0.4, 0.5) is 28.4 Å². The number of likely N-dealkylation sites (N-methyl/N-ethyl adjacent to an activating group) is 2. The molecule has 2 atom stereocenters. The number of anilines is 5. The second-order valence-electron chi connectivity index (χ2n) is 8.57. The summed E-state index contributed by atoms with van der Waals surface area (Å²) in [5.41, 5.74) is 8.80. The van der Waals surface area contributed by atoms with E-state index >= 15 is 0 Å². The first-order chi connectivity index (χ1) is 14.7. The largest absolute Gasteiger partial charge is 0.378 e. The fraction of sp³-hybridized carbons (Fsp3) is 0.280. The first-order valence-electron chi connectivity index (χ1n) is 10.5. The van der Waals surface area contributed by atoms with Gasteiger partial charge in [-0.25, -0.2) is 0 Å². The Hall–Kier alpha value is -3.54. The summed E-state index contributed by atoms with van der Waals surface area (Å²) in [4.78, 5) is 6.31. The highest BCUT2D eigenvalue weighted by atomic mass is 15.3. The van der Waals surface area contributed by atoms with Crippen molar-refractivity contribution in [2.45, 2.75) is 12.3 Å². The third-order valence-corrected chi connectivity index (χ3v) is 5.95. The SMILES string of the molecule is C=C(/C=C\C(=C)N(C)C)C1Nc2cc3c(cc2N1C)NC(c1ccc(N(C)C)cc1)N3. The van der Waals surface area contributed by atoms with E-state index in [1.165, 1.54) is 11.3 Å². The molecule has 6 nitrogen and oxygen atoms in total. The number of fused-ring (bicyclic) bond motifs is 2. The summed E-state index contributed by atoms with van der Waals surface area (Å²) in [6.07, 6.45) is 4.10. The van der Waals surface area contributed by atoms with E-state index in [4.69, 9.17) is 0 Å². The molecule has 2 unspecified atom stereocenters. The minimum absolute atomic E-state index is 0.0121. The van der Waals surface area contributed by atoms with Gasteiger partial charge in [0.15, 0.2) is 0 Å². The summed E-state index contributed by atoms with van der Waals surface area (Å²) in [7, 11) is 10.2. The lowest BCUT2D eigenvalue weighted by atomic mass is 10.1. The van der Waals surface area contributed by atoms with Gasteiger partial charge in [0.2, 0.25) is 0 Å². The molecule has 0 radical (unpaired) electrons. The van der Waals surface area contributed by atoms with E-state index in [-0.39, 0.29) is 12.3 Å². The van der Waals surface area contributed by atoms with Crippen LogP contribution in [-0.2, 0) is 0 Å². The van der Waals surface area contributed by atoms with Crippen molar-refractivity contribution in [2.24, 2.45) is 0 Å². The zero-order valence-corrected chi connectivity index (χ0v) is 19.0. The van der Waals surface area contributed by atoms with E-state index in [2.05, 4.69) is 96.4 Å². The molecule has 6 heteroatoms. The molecule has 2 heterocycles. The quantitative estimate of drug-likeness (QED) is 0.595. The summed E-state index contributed by atoms with van der Waals surface area (Å²) >= 11 is 0. The molecule has 3 N–H and O–H groups in total. The summed E-state index contributed by atoms with van der Waals surface area (Å²) in [5.74, 6) is 0. The molecule has 2 aliphatic heterocycles. The first kappa shape index (κ1) is 20.7. The van der Waals surface area contributed by atoms with Gasteiger partial charge in [0.1, 0.15) is 12.3 Å². The van der Waals surface area contributed by atoms with Crippen LogP contribution < -0.4 is 25.8 Å². The minimum atomic E-state index is 0.0121. The van der Waals surface area contributed by atoms with Crippen LogP contribution in [0.2, 0.25) is 0 Å². The molecule has 31 heavy (non-hydrogen) atoms. The van der Waals surface area contributed by atoms with Crippen molar-refractivity contribution in [2.75, 3.05) is 61.0 Å². The highest BCUT2D eigenvalue weighted by molar-refractivity contribution is 5.90. The average molecular weight is 417 g/mol. The molecule has 0 fully saturated rings. The number of rotatable bonds is 6. The van der Waals surface area contributed by atoms with Gasteiger partial charge < -0.3 is 30.7 Å². The lowest BCUT2D eigenvalue weighted by molar-refractivity contribution is 0.532. The Morgan fingerprint density at radius 1 is 0.903 bits per heavy atom. The van der Waals surface area contributed by atoms with E-state index in [0.29, 0.717) is 0 Å². The molecule has 0 saturated carbocycles. The lowest BCUT2D eigenvalue weighted by Gasteiger charge is -2.23. The van der Waals surface area contributed by atoms with Crippen molar-refractivity contribution in [3.05, 3.63) is 78.5 Å². The lowest BCUT2D eigenvalue weighted by Crippen LogP contribution is -2.33. The number of nitrogens with one attached hydrogen (secondary N) is 3. The Morgan fingerprint density at radius 3 is 2.16 bits per heavy atom. The predicted octanol–water partition coefficient (Wildman–Crippen LogP) is 4.66. The van der Waals surface area contributed by atoms with E-state index in [0.717, 1.165) is 34.0 Å². The molecular weight excluding hydrogens is 384 g/mol. The van der Waals surface area contributed by atoms with Gasteiger partial charge in [0.05, 0.1) is 22.7 Å². The fourth-order valence-corrected chi connectivity index (χ4v) is 3.88. The van der Waals surface area contributed by atoms with E-state index in [1.54, 1.807) is 0 Å². The molecular formula is C25H32N6. The molecule has 2 aromatic carbocycles. The highest BCUT2D eigenvalue weighted by Crippen LogP contribution is 2.45. The summed E-state index contributed by atoms with van der Waals surface area (Å²) < 4.78 is 0. The zero-order chi connectivity index (χ0) is 22.3. The molecule has 4 rings (SSSR count). The fourth-order valence-electron chi connectivity index (χ4n) is 3.88. The monoisotopic (exact) mass is 416 g/mol. The molecule has 0 aliphatic carbocycles. The van der Waals surface area contributed by atoms with Crippen LogP contribution in [0.15, 0.2) is 73.0 Å². The van der Waals surface area contributed by atoms with Crippen molar-refractivity contribution in [1.82, 2.24) is 4.90 Å². The van der Waals surface area contributed by atoms with Crippen LogP contribution in [0.3, 0.4) is 0 Å². The number of hydrogen-bond donors (Lipinski definition) is 3.